The van der Waals surface area contributed by atoms with Crippen molar-refractivity contribution in [1.29, 1.82) is 0 Å². The molecule has 0 saturated heterocycles. The lowest BCUT2D eigenvalue weighted by molar-refractivity contribution is -0.697. The van der Waals surface area contributed by atoms with E-state index in [0.717, 1.165) is 31.4 Å². The molecule has 2 rings (SSSR count). The maximum absolute atomic E-state index is 13.6. The highest BCUT2D eigenvalue weighted by atomic mass is 16.6. The largest absolute Gasteiger partial charge is 0.463 e. The summed E-state index contributed by atoms with van der Waals surface area (Å²) in [5.41, 5.74) is 2.46. The summed E-state index contributed by atoms with van der Waals surface area (Å²) < 4.78 is 24.5. The average molecular weight is 672 g/mol. The molecule has 2 unspecified atom stereocenters. The van der Waals surface area contributed by atoms with E-state index < -0.39 is 23.8 Å². The van der Waals surface area contributed by atoms with Crippen LogP contribution in [0.3, 0.4) is 0 Å². The Balaban J connectivity index is 2.00. The SMILES string of the molecule is CCCCCCCCCCCCCCCC[n+]1cccc(C2C(C(=O)OCCOCCC)=C(C)N=C(C)C2C(=O)OCCOCCC)c1. The van der Waals surface area contributed by atoms with Gasteiger partial charge < -0.3 is 18.9 Å². The Morgan fingerprint density at radius 3 is 1.79 bits per heavy atom. The van der Waals surface area contributed by atoms with Crippen molar-refractivity contribution in [3.8, 4) is 0 Å². The standard InChI is InChI=1S/C40H67N2O6/c1-6-9-10-11-12-13-14-15-16-17-18-19-20-21-24-42-25-22-23-35(32-42)38-36(39(43)47-30-28-45-26-7-2)33(4)41-34(5)37(38)40(44)48-31-29-46-27-8-3/h22-23,25,32,36,38H,6-21,24,26-31H2,1-5H3/q+1. The fraction of sp³-hybridized carbons (Fsp3) is 0.750. The molecule has 8 nitrogen and oxygen atoms in total. The van der Waals surface area contributed by atoms with Crippen LogP contribution in [0.1, 0.15) is 149 Å². The predicted octanol–water partition coefficient (Wildman–Crippen LogP) is 8.84. The van der Waals surface area contributed by atoms with E-state index in [0.29, 0.717) is 43.4 Å². The molecule has 1 aromatic heterocycles. The number of hydrogen-bond acceptors (Lipinski definition) is 7. The van der Waals surface area contributed by atoms with Crippen LogP contribution < -0.4 is 4.57 Å². The van der Waals surface area contributed by atoms with E-state index in [2.05, 4.69) is 28.9 Å². The second-order valence-electron chi connectivity index (χ2n) is 13.2. The molecule has 0 aromatic carbocycles. The van der Waals surface area contributed by atoms with Crippen LogP contribution in [0.25, 0.3) is 0 Å². The molecule has 0 amide bonds. The number of carbonyl (C=O) groups excluding carboxylic acids is 2. The summed E-state index contributed by atoms with van der Waals surface area (Å²) in [5, 5.41) is 0. The lowest BCUT2D eigenvalue weighted by atomic mass is 9.76. The minimum atomic E-state index is -0.740. The summed E-state index contributed by atoms with van der Waals surface area (Å²) in [6, 6.07) is 3.98. The number of carbonyl (C=O) groups is 2. The lowest BCUT2D eigenvalue weighted by Gasteiger charge is -2.31. The van der Waals surface area contributed by atoms with Crippen molar-refractivity contribution < 1.29 is 33.1 Å². The molecule has 1 aliphatic rings. The Labute approximate surface area is 292 Å². The number of aromatic nitrogens is 1. The molecule has 0 saturated carbocycles. The zero-order chi connectivity index (χ0) is 34.8. The number of allylic oxidation sites excluding steroid dienone is 1. The first-order valence-electron chi connectivity index (χ1n) is 19.2. The van der Waals surface area contributed by atoms with Crippen molar-refractivity contribution in [2.75, 3.05) is 39.6 Å². The van der Waals surface area contributed by atoms with Gasteiger partial charge in [-0.1, -0.05) is 97.8 Å². The van der Waals surface area contributed by atoms with Crippen LogP contribution in [0.2, 0.25) is 0 Å². The van der Waals surface area contributed by atoms with E-state index in [4.69, 9.17) is 18.9 Å². The highest BCUT2D eigenvalue weighted by Crippen LogP contribution is 2.39. The second kappa shape index (κ2) is 26.3. The molecule has 1 aliphatic heterocycles. The Hall–Kier alpha value is -2.58. The number of aryl methyl sites for hydroxylation is 1. The Morgan fingerprint density at radius 2 is 1.23 bits per heavy atom. The van der Waals surface area contributed by atoms with Crippen LogP contribution in [0.15, 0.2) is 40.8 Å². The van der Waals surface area contributed by atoms with Crippen LogP contribution in [-0.2, 0) is 35.1 Å². The van der Waals surface area contributed by atoms with E-state index >= 15 is 0 Å². The molecule has 0 bridgehead atoms. The molecule has 0 N–H and O–H groups in total. The number of pyridine rings is 1. The summed E-state index contributed by atoms with van der Waals surface area (Å²) in [6.45, 7) is 13.1. The fourth-order valence-electron chi connectivity index (χ4n) is 6.38. The number of aliphatic imine (C=N–C) groups is 1. The molecule has 1 aromatic rings. The summed E-state index contributed by atoms with van der Waals surface area (Å²) in [5.74, 6) is -2.19. The number of unbranched alkanes of at least 4 members (excludes halogenated alkanes) is 13. The smallest absolute Gasteiger partial charge is 0.336 e. The first kappa shape index (κ1) is 41.6. The fourth-order valence-corrected chi connectivity index (χ4v) is 6.38. The molecule has 0 aliphatic carbocycles. The van der Waals surface area contributed by atoms with Crippen molar-refractivity contribution in [3.05, 3.63) is 41.4 Å². The van der Waals surface area contributed by atoms with Crippen molar-refractivity contribution in [1.82, 2.24) is 0 Å². The molecule has 0 fully saturated rings. The Morgan fingerprint density at radius 1 is 0.688 bits per heavy atom. The first-order valence-corrected chi connectivity index (χ1v) is 19.2. The second-order valence-corrected chi connectivity index (χ2v) is 13.2. The number of rotatable bonds is 28. The van der Waals surface area contributed by atoms with Gasteiger partial charge in [0.1, 0.15) is 25.7 Å². The van der Waals surface area contributed by atoms with E-state index in [1.54, 1.807) is 0 Å². The van der Waals surface area contributed by atoms with Crippen LogP contribution in [0, 0.1) is 5.92 Å². The quantitative estimate of drug-likeness (QED) is 0.0503. The van der Waals surface area contributed by atoms with Gasteiger partial charge in [-0.05, 0) is 39.2 Å². The first-order chi connectivity index (χ1) is 23.4. The summed E-state index contributed by atoms with van der Waals surface area (Å²) >= 11 is 0. The minimum Gasteiger partial charge on any atom is -0.463 e. The number of ether oxygens (including phenoxy) is 4. The van der Waals surface area contributed by atoms with E-state index in [1.807, 2.05) is 39.8 Å². The molecule has 48 heavy (non-hydrogen) atoms. The zero-order valence-electron chi connectivity index (χ0n) is 31.1. The van der Waals surface area contributed by atoms with E-state index in [9.17, 15) is 9.59 Å². The number of hydrogen-bond donors (Lipinski definition) is 0. The zero-order valence-corrected chi connectivity index (χ0v) is 31.1. The van der Waals surface area contributed by atoms with E-state index in [-0.39, 0.29) is 13.2 Å². The normalized spacial score (nSPS) is 16.2. The number of esters is 2. The molecule has 0 spiro atoms. The molecule has 2 atom stereocenters. The molecule has 8 heteroatoms. The van der Waals surface area contributed by atoms with E-state index in [1.165, 1.54) is 83.5 Å². The maximum Gasteiger partial charge on any atom is 0.336 e. The predicted molar refractivity (Wildman–Crippen MR) is 193 cm³/mol. The van der Waals surface area contributed by atoms with Crippen molar-refractivity contribution in [2.45, 2.75) is 150 Å². The average Bonchev–Trinajstić information content (AvgIpc) is 3.07. The molecular formula is C40H67N2O6+. The molecular weight excluding hydrogens is 604 g/mol. The van der Waals surface area contributed by atoms with Gasteiger partial charge in [0.05, 0.1) is 18.8 Å². The van der Waals surface area contributed by atoms with Gasteiger partial charge >= 0.3 is 11.9 Å². The van der Waals surface area contributed by atoms with Gasteiger partial charge in [-0.15, -0.1) is 0 Å². The monoisotopic (exact) mass is 671 g/mol. The van der Waals surface area contributed by atoms with Gasteiger partial charge in [-0.25, -0.2) is 9.36 Å². The Bertz CT molecular complexity index is 1100. The van der Waals surface area contributed by atoms with Crippen LogP contribution in [0.5, 0.6) is 0 Å². The lowest BCUT2D eigenvalue weighted by Crippen LogP contribution is -2.39. The van der Waals surface area contributed by atoms with Crippen LogP contribution >= 0.6 is 0 Å². The van der Waals surface area contributed by atoms with Gasteiger partial charge in [0.2, 0.25) is 0 Å². The third-order valence-corrected chi connectivity index (χ3v) is 8.94. The van der Waals surface area contributed by atoms with Crippen molar-refractivity contribution in [3.63, 3.8) is 0 Å². The van der Waals surface area contributed by atoms with Crippen molar-refractivity contribution in [2.24, 2.45) is 10.9 Å². The van der Waals surface area contributed by atoms with Gasteiger partial charge in [0.25, 0.3) is 0 Å². The van der Waals surface area contributed by atoms with Gasteiger partial charge in [0, 0.05) is 48.6 Å². The minimum absolute atomic E-state index is 0.142. The van der Waals surface area contributed by atoms with Gasteiger partial charge in [0.15, 0.2) is 12.4 Å². The third kappa shape index (κ3) is 16.2. The maximum atomic E-state index is 13.6. The highest BCUT2D eigenvalue weighted by Gasteiger charge is 2.43. The summed E-state index contributed by atoms with van der Waals surface area (Å²) in [4.78, 5) is 31.8. The molecule has 272 valence electrons. The van der Waals surface area contributed by atoms with Crippen LogP contribution in [0.4, 0.5) is 0 Å². The molecule has 2 heterocycles. The van der Waals surface area contributed by atoms with Crippen LogP contribution in [-0.4, -0.2) is 57.3 Å². The summed E-state index contributed by atoms with van der Waals surface area (Å²) in [7, 11) is 0. The number of nitrogens with zero attached hydrogens (tertiary/aromatic N) is 2. The van der Waals surface area contributed by atoms with Gasteiger partial charge in [-0.3, -0.25) is 9.79 Å². The molecule has 0 radical (unpaired) electrons. The summed E-state index contributed by atoms with van der Waals surface area (Å²) in [6.07, 6.45) is 24.5. The topological polar surface area (TPSA) is 87.3 Å². The Kier molecular flexibility index (Phi) is 22.8. The van der Waals surface area contributed by atoms with Gasteiger partial charge in [-0.2, -0.15) is 0 Å². The third-order valence-electron chi connectivity index (χ3n) is 8.94. The van der Waals surface area contributed by atoms with Crippen molar-refractivity contribution >= 4 is 17.7 Å². The highest BCUT2D eigenvalue weighted by molar-refractivity contribution is 6.07.